The monoisotopic (exact) mass is 340 g/mol. The normalized spacial score (nSPS) is 13.6. The molecule has 24 heavy (non-hydrogen) atoms. The lowest BCUT2D eigenvalue weighted by Gasteiger charge is -2.11. The average Bonchev–Trinajstić information content (AvgIpc) is 3.20. The molecule has 1 aromatic carbocycles. The third-order valence-electron chi connectivity index (χ3n) is 4.27. The number of aryl methyl sites for hydroxylation is 3. The minimum absolute atomic E-state index is 0.804. The summed E-state index contributed by atoms with van der Waals surface area (Å²) >= 11 is 1.77. The van der Waals surface area contributed by atoms with Crippen LogP contribution in [-0.2, 0) is 12.8 Å². The van der Waals surface area contributed by atoms with Crippen LogP contribution in [0.2, 0.25) is 0 Å². The van der Waals surface area contributed by atoms with E-state index in [4.69, 9.17) is 9.72 Å². The van der Waals surface area contributed by atoms with E-state index in [0.29, 0.717) is 0 Å². The summed E-state index contributed by atoms with van der Waals surface area (Å²) in [5, 5.41) is 4.39. The van der Waals surface area contributed by atoms with Crippen molar-refractivity contribution >= 4 is 22.2 Å². The predicted molar refractivity (Wildman–Crippen MR) is 96.9 cm³/mol. The van der Waals surface area contributed by atoms with Gasteiger partial charge in [-0.2, -0.15) is 0 Å². The topological polar surface area (TPSA) is 52.0 Å². The molecule has 0 saturated heterocycles. The molecule has 0 saturated carbocycles. The van der Waals surface area contributed by atoms with Crippen LogP contribution < -0.4 is 10.1 Å². The Morgan fingerprint density at radius 2 is 2.12 bits per heavy atom. The number of aromatic nitrogens is 3. The van der Waals surface area contributed by atoms with E-state index in [0.717, 1.165) is 40.8 Å². The van der Waals surface area contributed by atoms with E-state index in [-0.39, 0.29) is 0 Å². The molecule has 0 fully saturated rings. The molecule has 1 N–H and O–H groups in total. The largest absolute Gasteiger partial charge is 0.494 e. The Morgan fingerprint density at radius 3 is 2.88 bits per heavy atom. The zero-order chi connectivity index (χ0) is 16.5. The Morgan fingerprint density at radius 1 is 1.25 bits per heavy atom. The highest BCUT2D eigenvalue weighted by Gasteiger charge is 2.15. The molecule has 3 aromatic rings. The van der Waals surface area contributed by atoms with E-state index in [9.17, 15) is 0 Å². The van der Waals surface area contributed by atoms with E-state index < -0.39 is 0 Å². The second-order valence-electron chi connectivity index (χ2n) is 6.03. The lowest BCUT2D eigenvalue weighted by molar-refractivity contribution is 0.413. The van der Waals surface area contributed by atoms with Crippen LogP contribution in [0, 0.1) is 6.92 Å². The van der Waals surface area contributed by atoms with Crippen molar-refractivity contribution in [2.75, 3.05) is 12.4 Å². The fourth-order valence-electron chi connectivity index (χ4n) is 3.05. The molecule has 0 unspecified atom stereocenters. The average molecular weight is 340 g/mol. The molecule has 0 atom stereocenters. The van der Waals surface area contributed by atoms with Crippen LogP contribution in [0.25, 0.3) is 5.69 Å². The second-order valence-corrected chi connectivity index (χ2v) is 7.11. The summed E-state index contributed by atoms with van der Waals surface area (Å²) < 4.78 is 7.54. The van der Waals surface area contributed by atoms with E-state index in [1.165, 1.54) is 23.4 Å². The highest BCUT2D eigenvalue weighted by Crippen LogP contribution is 2.33. The number of ether oxygens (including phenoxy) is 1. The number of fused-ring (bicyclic) bond motifs is 1. The summed E-state index contributed by atoms with van der Waals surface area (Å²) in [6.07, 6.45) is 8.59. The lowest BCUT2D eigenvalue weighted by atomic mass is 10.0. The maximum atomic E-state index is 5.56. The van der Waals surface area contributed by atoms with Crippen LogP contribution in [-0.4, -0.2) is 21.6 Å². The van der Waals surface area contributed by atoms with E-state index in [2.05, 4.69) is 10.3 Å². The van der Waals surface area contributed by atoms with Crippen LogP contribution in [0.5, 0.6) is 5.75 Å². The van der Waals surface area contributed by atoms with Crippen LogP contribution in [0.15, 0.2) is 30.7 Å². The van der Waals surface area contributed by atoms with Gasteiger partial charge in [-0.3, -0.25) is 0 Å². The summed E-state index contributed by atoms with van der Waals surface area (Å²) in [7, 11) is 1.69. The molecule has 0 bridgehead atoms. The van der Waals surface area contributed by atoms with Gasteiger partial charge < -0.3 is 14.6 Å². The molecule has 1 aliphatic rings. The minimum Gasteiger partial charge on any atom is -0.494 e. The molecule has 2 heterocycles. The number of hydrogen-bond acceptors (Lipinski definition) is 5. The zero-order valence-corrected chi connectivity index (χ0v) is 14.7. The number of rotatable bonds is 4. The molecular weight excluding hydrogens is 320 g/mol. The van der Waals surface area contributed by atoms with Gasteiger partial charge in [0.1, 0.15) is 5.75 Å². The SMILES string of the molecule is COc1cc(Nc2nc3c(s2)CCCC3)ccc1-n1cnc(C)c1. The number of benzene rings is 1. The number of hydrogen-bond donors (Lipinski definition) is 1. The van der Waals surface area contributed by atoms with Crippen molar-refractivity contribution in [2.45, 2.75) is 32.6 Å². The predicted octanol–water partition coefficient (Wildman–Crippen LogP) is 4.27. The van der Waals surface area contributed by atoms with Crippen molar-refractivity contribution in [3.63, 3.8) is 0 Å². The van der Waals surface area contributed by atoms with Gasteiger partial charge in [0.2, 0.25) is 0 Å². The van der Waals surface area contributed by atoms with Crippen molar-refractivity contribution in [1.82, 2.24) is 14.5 Å². The van der Waals surface area contributed by atoms with Gasteiger partial charge in [0.05, 0.1) is 30.5 Å². The summed E-state index contributed by atoms with van der Waals surface area (Å²) in [4.78, 5) is 10.4. The van der Waals surface area contributed by atoms with Crippen LogP contribution in [0.1, 0.15) is 29.1 Å². The molecule has 2 aromatic heterocycles. The van der Waals surface area contributed by atoms with Crippen LogP contribution in [0.4, 0.5) is 10.8 Å². The van der Waals surface area contributed by atoms with Gasteiger partial charge in [0.15, 0.2) is 5.13 Å². The third kappa shape index (κ3) is 2.89. The maximum Gasteiger partial charge on any atom is 0.187 e. The Hall–Kier alpha value is -2.34. The quantitative estimate of drug-likeness (QED) is 0.771. The molecule has 0 amide bonds. The highest BCUT2D eigenvalue weighted by atomic mass is 32.1. The molecular formula is C18H20N4OS. The Kier molecular flexibility index (Phi) is 3.98. The standard InChI is InChI=1S/C18H20N4OS/c1-12-10-22(11-19-12)15-8-7-13(9-16(15)23-2)20-18-21-14-5-3-4-6-17(14)24-18/h7-11H,3-6H2,1-2H3,(H,20,21). The first kappa shape index (κ1) is 15.2. The zero-order valence-electron chi connectivity index (χ0n) is 13.9. The minimum atomic E-state index is 0.804. The highest BCUT2D eigenvalue weighted by molar-refractivity contribution is 7.15. The number of imidazole rings is 1. The van der Waals surface area contributed by atoms with Gasteiger partial charge >= 0.3 is 0 Å². The van der Waals surface area contributed by atoms with Crippen LogP contribution >= 0.6 is 11.3 Å². The van der Waals surface area contributed by atoms with Gasteiger partial charge in [-0.1, -0.05) is 0 Å². The fourth-order valence-corrected chi connectivity index (χ4v) is 4.12. The van der Waals surface area contributed by atoms with Crippen molar-refractivity contribution in [2.24, 2.45) is 0 Å². The Bertz CT molecular complexity index is 844. The van der Waals surface area contributed by atoms with Gasteiger partial charge in [-0.15, -0.1) is 11.3 Å². The smallest absolute Gasteiger partial charge is 0.187 e. The Labute approximate surface area is 145 Å². The first-order valence-corrected chi connectivity index (χ1v) is 8.99. The van der Waals surface area contributed by atoms with Gasteiger partial charge in [0.25, 0.3) is 0 Å². The number of anilines is 2. The lowest BCUT2D eigenvalue weighted by Crippen LogP contribution is -1.99. The summed E-state index contributed by atoms with van der Waals surface area (Å²) in [6, 6.07) is 6.09. The first-order chi connectivity index (χ1) is 11.7. The fraction of sp³-hybridized carbons (Fsp3) is 0.333. The molecule has 5 nitrogen and oxygen atoms in total. The number of thiazole rings is 1. The van der Waals surface area contributed by atoms with Crippen molar-refractivity contribution < 1.29 is 4.74 Å². The van der Waals surface area contributed by atoms with Crippen molar-refractivity contribution in [1.29, 1.82) is 0 Å². The van der Waals surface area contributed by atoms with Crippen LogP contribution in [0.3, 0.4) is 0 Å². The van der Waals surface area contributed by atoms with E-state index in [1.54, 1.807) is 24.8 Å². The molecule has 1 aliphatic carbocycles. The molecule has 4 rings (SSSR count). The molecule has 124 valence electrons. The molecule has 0 radical (unpaired) electrons. The number of nitrogens with one attached hydrogen (secondary N) is 1. The summed E-state index contributed by atoms with van der Waals surface area (Å²) in [5.74, 6) is 0.804. The summed E-state index contributed by atoms with van der Waals surface area (Å²) in [6.45, 7) is 1.98. The summed E-state index contributed by atoms with van der Waals surface area (Å²) in [5.41, 5.74) is 4.21. The first-order valence-electron chi connectivity index (χ1n) is 8.17. The maximum absolute atomic E-state index is 5.56. The number of methoxy groups -OCH3 is 1. The van der Waals surface area contributed by atoms with Gasteiger partial charge in [0, 0.05) is 22.8 Å². The second kappa shape index (κ2) is 6.28. The van der Waals surface area contributed by atoms with Crippen molar-refractivity contribution in [3.8, 4) is 11.4 Å². The van der Waals surface area contributed by atoms with Gasteiger partial charge in [-0.25, -0.2) is 9.97 Å². The Balaban J connectivity index is 1.61. The molecule has 6 heteroatoms. The molecule has 0 spiro atoms. The number of nitrogens with zero attached hydrogens (tertiary/aromatic N) is 3. The van der Waals surface area contributed by atoms with Gasteiger partial charge in [-0.05, 0) is 44.7 Å². The third-order valence-corrected chi connectivity index (χ3v) is 5.34. The van der Waals surface area contributed by atoms with E-state index in [1.807, 2.05) is 35.9 Å². The van der Waals surface area contributed by atoms with Crippen molar-refractivity contribution in [3.05, 3.63) is 47.0 Å². The molecule has 0 aliphatic heterocycles. The van der Waals surface area contributed by atoms with E-state index >= 15 is 0 Å².